The number of guanidine groups is 1. The minimum atomic E-state index is -0.250. The van der Waals surface area contributed by atoms with E-state index < -0.39 is 0 Å². The van der Waals surface area contributed by atoms with E-state index in [1.165, 1.54) is 12.0 Å². The standard InChI is InChI=1S/C15H25N5O2S.HI/c1-10-11(2)23-13(18-10)9-17-14(16-3)19-12-5-7-20(8-6-12)15(21)22-4;/h12H,5-9H2,1-4H3,(H2,16,17,19);1H. The van der Waals surface area contributed by atoms with Gasteiger partial charge >= 0.3 is 6.09 Å². The number of piperidine rings is 1. The molecular weight excluding hydrogens is 441 g/mol. The fourth-order valence-electron chi connectivity index (χ4n) is 2.50. The van der Waals surface area contributed by atoms with Gasteiger partial charge in [-0.3, -0.25) is 4.99 Å². The molecule has 0 spiro atoms. The van der Waals surface area contributed by atoms with Crippen molar-refractivity contribution >= 4 is 47.4 Å². The first-order chi connectivity index (χ1) is 11.0. The zero-order chi connectivity index (χ0) is 16.8. The number of nitrogens with one attached hydrogen (secondary N) is 2. The Kier molecular flexibility index (Phi) is 8.74. The van der Waals surface area contributed by atoms with Gasteiger partial charge in [-0.15, -0.1) is 35.3 Å². The van der Waals surface area contributed by atoms with Gasteiger partial charge in [-0.05, 0) is 26.7 Å². The number of carbonyl (C=O) groups excluding carboxylic acids is 1. The van der Waals surface area contributed by atoms with Crippen molar-refractivity contribution in [2.45, 2.75) is 39.3 Å². The molecule has 0 aromatic carbocycles. The number of thiazole rings is 1. The highest BCUT2D eigenvalue weighted by molar-refractivity contribution is 14.0. The van der Waals surface area contributed by atoms with Crippen molar-refractivity contribution in [1.29, 1.82) is 0 Å². The summed E-state index contributed by atoms with van der Waals surface area (Å²) in [6, 6.07) is 0.307. The molecular formula is C15H26IN5O2S. The van der Waals surface area contributed by atoms with E-state index in [2.05, 4.69) is 27.5 Å². The number of aryl methyl sites for hydroxylation is 2. The number of hydrogen-bond acceptors (Lipinski definition) is 5. The third-order valence-electron chi connectivity index (χ3n) is 3.97. The Hall–Kier alpha value is -1.10. The van der Waals surface area contributed by atoms with Crippen LogP contribution in [0.15, 0.2) is 4.99 Å². The smallest absolute Gasteiger partial charge is 0.409 e. The Morgan fingerprint density at radius 2 is 2.08 bits per heavy atom. The molecule has 1 amide bonds. The zero-order valence-electron chi connectivity index (χ0n) is 14.6. The van der Waals surface area contributed by atoms with Gasteiger partial charge in [0.05, 0.1) is 19.3 Å². The van der Waals surface area contributed by atoms with Crippen molar-refractivity contribution in [1.82, 2.24) is 20.5 Å². The monoisotopic (exact) mass is 467 g/mol. The minimum Gasteiger partial charge on any atom is -0.453 e. The summed E-state index contributed by atoms with van der Waals surface area (Å²) in [6.45, 7) is 6.18. The van der Waals surface area contributed by atoms with Crippen molar-refractivity contribution < 1.29 is 9.53 Å². The number of halogens is 1. The van der Waals surface area contributed by atoms with Crippen molar-refractivity contribution in [3.63, 3.8) is 0 Å². The molecule has 2 heterocycles. The molecule has 1 aromatic heterocycles. The highest BCUT2D eigenvalue weighted by Crippen LogP contribution is 2.16. The molecule has 0 saturated carbocycles. The van der Waals surface area contributed by atoms with Gasteiger partial charge in [0, 0.05) is 31.1 Å². The molecule has 9 heteroatoms. The SMILES string of the molecule is CN=C(NCc1nc(C)c(C)s1)NC1CCN(C(=O)OC)CC1.I. The normalized spacial score (nSPS) is 15.7. The van der Waals surface area contributed by atoms with Crippen molar-refractivity contribution in [3.8, 4) is 0 Å². The van der Waals surface area contributed by atoms with E-state index in [-0.39, 0.29) is 30.1 Å². The van der Waals surface area contributed by atoms with Crippen molar-refractivity contribution in [3.05, 3.63) is 15.6 Å². The number of methoxy groups -OCH3 is 1. The van der Waals surface area contributed by atoms with Crippen LogP contribution >= 0.6 is 35.3 Å². The van der Waals surface area contributed by atoms with Gasteiger partial charge in [0.1, 0.15) is 5.01 Å². The molecule has 1 aromatic rings. The molecule has 1 aliphatic rings. The molecule has 2 rings (SSSR count). The predicted octanol–water partition coefficient (Wildman–Crippen LogP) is 2.27. The highest BCUT2D eigenvalue weighted by Gasteiger charge is 2.23. The lowest BCUT2D eigenvalue weighted by Gasteiger charge is -2.32. The topological polar surface area (TPSA) is 78.9 Å². The number of likely N-dealkylation sites (tertiary alicyclic amines) is 1. The molecule has 2 N–H and O–H groups in total. The van der Waals surface area contributed by atoms with Crippen molar-refractivity contribution in [2.75, 3.05) is 27.2 Å². The fourth-order valence-corrected chi connectivity index (χ4v) is 3.37. The summed E-state index contributed by atoms with van der Waals surface area (Å²) in [5.74, 6) is 0.770. The third kappa shape index (κ3) is 5.76. The molecule has 1 aliphatic heterocycles. The second-order valence-corrected chi connectivity index (χ2v) is 6.84. The molecule has 136 valence electrons. The summed E-state index contributed by atoms with van der Waals surface area (Å²) in [5, 5.41) is 7.77. The van der Waals surface area contributed by atoms with Crippen LogP contribution < -0.4 is 10.6 Å². The number of carbonyl (C=O) groups is 1. The quantitative estimate of drug-likeness (QED) is 0.405. The molecule has 0 atom stereocenters. The lowest BCUT2D eigenvalue weighted by atomic mass is 10.1. The summed E-state index contributed by atoms with van der Waals surface area (Å²) in [7, 11) is 3.18. The lowest BCUT2D eigenvalue weighted by molar-refractivity contribution is 0.111. The summed E-state index contributed by atoms with van der Waals surface area (Å²) >= 11 is 1.70. The molecule has 1 fully saturated rings. The molecule has 0 unspecified atom stereocenters. The van der Waals surface area contributed by atoms with Crippen LogP contribution in [0.5, 0.6) is 0 Å². The summed E-state index contributed by atoms with van der Waals surface area (Å²) in [5.41, 5.74) is 1.09. The summed E-state index contributed by atoms with van der Waals surface area (Å²) in [4.78, 5) is 23.2. The van der Waals surface area contributed by atoms with Gasteiger partial charge in [-0.1, -0.05) is 0 Å². The molecule has 24 heavy (non-hydrogen) atoms. The summed E-state index contributed by atoms with van der Waals surface area (Å²) in [6.07, 6.45) is 1.51. The van der Waals surface area contributed by atoms with Crippen LogP contribution in [0.3, 0.4) is 0 Å². The maximum atomic E-state index is 11.5. The van der Waals surface area contributed by atoms with E-state index in [9.17, 15) is 4.79 Å². The third-order valence-corrected chi connectivity index (χ3v) is 5.04. The maximum absolute atomic E-state index is 11.5. The van der Waals surface area contributed by atoms with Gasteiger partial charge in [0.2, 0.25) is 0 Å². The first kappa shape index (κ1) is 20.9. The minimum absolute atomic E-state index is 0. The first-order valence-corrected chi connectivity index (χ1v) is 8.58. The van der Waals surface area contributed by atoms with E-state index in [1.807, 2.05) is 6.92 Å². The van der Waals surface area contributed by atoms with E-state index in [0.717, 1.165) is 29.5 Å². The Bertz CT molecular complexity index is 551. The fraction of sp³-hybridized carbons (Fsp3) is 0.667. The Balaban J connectivity index is 0.00000288. The number of aliphatic imine (C=N–C) groups is 1. The van der Waals surface area contributed by atoms with Gasteiger partial charge in [0.25, 0.3) is 0 Å². The number of rotatable bonds is 3. The Morgan fingerprint density at radius 1 is 1.42 bits per heavy atom. The van der Waals surface area contributed by atoms with E-state index in [0.29, 0.717) is 25.7 Å². The van der Waals surface area contributed by atoms with Crippen LogP contribution in [0.25, 0.3) is 0 Å². The average Bonchev–Trinajstić information content (AvgIpc) is 2.89. The first-order valence-electron chi connectivity index (χ1n) is 7.76. The van der Waals surface area contributed by atoms with Gasteiger partial charge in [0.15, 0.2) is 5.96 Å². The molecule has 0 bridgehead atoms. The van der Waals surface area contributed by atoms with Crippen LogP contribution in [0, 0.1) is 13.8 Å². The van der Waals surface area contributed by atoms with Crippen LogP contribution in [-0.4, -0.2) is 55.2 Å². The average molecular weight is 467 g/mol. The van der Waals surface area contributed by atoms with E-state index in [1.54, 1.807) is 23.3 Å². The summed E-state index contributed by atoms with van der Waals surface area (Å²) < 4.78 is 4.75. The second kappa shape index (κ2) is 10.0. The molecule has 0 radical (unpaired) electrons. The number of aromatic nitrogens is 1. The number of ether oxygens (including phenoxy) is 1. The second-order valence-electron chi connectivity index (χ2n) is 5.55. The van der Waals surface area contributed by atoms with E-state index in [4.69, 9.17) is 4.74 Å². The van der Waals surface area contributed by atoms with Crippen LogP contribution in [0.4, 0.5) is 4.79 Å². The van der Waals surface area contributed by atoms with Crippen LogP contribution in [0.2, 0.25) is 0 Å². The van der Waals surface area contributed by atoms with Crippen molar-refractivity contribution in [2.24, 2.45) is 4.99 Å². The van der Waals surface area contributed by atoms with Gasteiger partial charge in [-0.25, -0.2) is 9.78 Å². The number of nitrogens with zero attached hydrogens (tertiary/aromatic N) is 3. The molecule has 1 saturated heterocycles. The van der Waals surface area contributed by atoms with Gasteiger partial charge < -0.3 is 20.3 Å². The van der Waals surface area contributed by atoms with E-state index >= 15 is 0 Å². The lowest BCUT2D eigenvalue weighted by Crippen LogP contribution is -2.49. The Morgan fingerprint density at radius 3 is 2.58 bits per heavy atom. The van der Waals surface area contributed by atoms with Crippen LogP contribution in [0.1, 0.15) is 28.4 Å². The largest absolute Gasteiger partial charge is 0.453 e. The van der Waals surface area contributed by atoms with Crippen LogP contribution in [-0.2, 0) is 11.3 Å². The number of hydrogen-bond donors (Lipinski definition) is 2. The highest BCUT2D eigenvalue weighted by atomic mass is 127. The Labute approximate surface area is 164 Å². The zero-order valence-corrected chi connectivity index (χ0v) is 17.7. The molecule has 7 nitrogen and oxygen atoms in total. The molecule has 0 aliphatic carbocycles. The van der Waals surface area contributed by atoms with Gasteiger partial charge in [-0.2, -0.15) is 0 Å². The number of amides is 1. The predicted molar refractivity (Wildman–Crippen MR) is 107 cm³/mol. The maximum Gasteiger partial charge on any atom is 0.409 e.